The number of rotatable bonds is 5. The average molecular weight is 251 g/mol. The molecule has 0 radical (unpaired) electrons. The van der Waals surface area contributed by atoms with Crippen molar-refractivity contribution in [3.8, 4) is 11.5 Å². The Bertz CT molecular complexity index is 409. The number of nitrogens with zero attached hydrogens (tertiary/aromatic N) is 1. The Labute approximate surface area is 108 Å². The van der Waals surface area contributed by atoms with Gasteiger partial charge in [-0.25, -0.2) is 0 Å². The first-order valence-electron chi connectivity index (χ1n) is 6.32. The molecule has 100 valence electrons. The normalized spacial score (nSPS) is 13.7. The smallest absolute Gasteiger partial charge is 0.163 e. The summed E-state index contributed by atoms with van der Waals surface area (Å²) in [5.41, 5.74) is 7.58. The highest BCUT2D eigenvalue weighted by Crippen LogP contribution is 2.36. The molecule has 5 heteroatoms. The molecule has 18 heavy (non-hydrogen) atoms. The highest BCUT2D eigenvalue weighted by molar-refractivity contribution is 5.72. The molecular weight excluding hydrogens is 230 g/mol. The first-order chi connectivity index (χ1) is 8.70. The van der Waals surface area contributed by atoms with Gasteiger partial charge in [-0.15, -0.1) is 0 Å². The Hall–Kier alpha value is -1.62. The largest absolute Gasteiger partial charge is 0.486 e. The summed E-state index contributed by atoms with van der Waals surface area (Å²) in [6.07, 6.45) is 0. The Morgan fingerprint density at radius 3 is 2.61 bits per heavy atom. The number of ether oxygens (including phenoxy) is 2. The Kier molecular flexibility index (Phi) is 4.15. The van der Waals surface area contributed by atoms with Crippen molar-refractivity contribution in [3.63, 3.8) is 0 Å². The van der Waals surface area contributed by atoms with E-state index in [-0.39, 0.29) is 0 Å². The van der Waals surface area contributed by atoms with Crippen molar-refractivity contribution in [1.82, 2.24) is 4.90 Å². The van der Waals surface area contributed by atoms with Gasteiger partial charge in [0.1, 0.15) is 13.2 Å². The number of likely N-dealkylation sites (N-methyl/N-ethyl adjacent to an activating group) is 1. The van der Waals surface area contributed by atoms with Gasteiger partial charge < -0.3 is 25.4 Å². The van der Waals surface area contributed by atoms with E-state index in [1.165, 1.54) is 0 Å². The maximum Gasteiger partial charge on any atom is 0.163 e. The highest BCUT2D eigenvalue weighted by atomic mass is 16.6. The quantitative estimate of drug-likeness (QED) is 0.775. The van der Waals surface area contributed by atoms with Crippen LogP contribution in [-0.4, -0.2) is 44.8 Å². The van der Waals surface area contributed by atoms with Crippen molar-refractivity contribution in [1.29, 1.82) is 0 Å². The molecule has 3 N–H and O–H groups in total. The van der Waals surface area contributed by atoms with Crippen LogP contribution in [-0.2, 0) is 0 Å². The van der Waals surface area contributed by atoms with E-state index in [2.05, 4.69) is 24.2 Å². The minimum Gasteiger partial charge on any atom is -0.486 e. The third kappa shape index (κ3) is 2.98. The van der Waals surface area contributed by atoms with Crippen molar-refractivity contribution in [2.24, 2.45) is 0 Å². The topological polar surface area (TPSA) is 59.8 Å². The van der Waals surface area contributed by atoms with Gasteiger partial charge in [0, 0.05) is 25.2 Å². The summed E-state index contributed by atoms with van der Waals surface area (Å²) in [7, 11) is 2.09. The molecule has 0 spiro atoms. The molecular formula is C13H21N3O2. The summed E-state index contributed by atoms with van der Waals surface area (Å²) in [4.78, 5) is 2.24. The summed E-state index contributed by atoms with van der Waals surface area (Å²) in [5, 5.41) is 3.33. The van der Waals surface area contributed by atoms with E-state index in [1.807, 2.05) is 12.1 Å². The lowest BCUT2D eigenvalue weighted by Gasteiger charge is -2.21. The number of benzene rings is 1. The summed E-state index contributed by atoms with van der Waals surface area (Å²) in [6.45, 7) is 6.19. The van der Waals surface area contributed by atoms with E-state index >= 15 is 0 Å². The first kappa shape index (κ1) is 12.8. The second kappa shape index (κ2) is 5.82. The fourth-order valence-electron chi connectivity index (χ4n) is 1.80. The Balaban J connectivity index is 2.00. The Morgan fingerprint density at radius 1 is 1.28 bits per heavy atom. The van der Waals surface area contributed by atoms with Gasteiger partial charge in [-0.1, -0.05) is 6.92 Å². The van der Waals surface area contributed by atoms with Crippen LogP contribution in [0.1, 0.15) is 6.92 Å². The predicted octanol–water partition coefficient (Wildman–Crippen LogP) is 1.40. The fraction of sp³-hybridized carbons (Fsp3) is 0.538. The summed E-state index contributed by atoms with van der Waals surface area (Å²) < 4.78 is 11.0. The number of fused-ring (bicyclic) bond motifs is 1. The van der Waals surface area contributed by atoms with Crippen LogP contribution in [0.2, 0.25) is 0 Å². The van der Waals surface area contributed by atoms with E-state index in [9.17, 15) is 0 Å². The zero-order valence-corrected chi connectivity index (χ0v) is 11.0. The van der Waals surface area contributed by atoms with Crippen molar-refractivity contribution in [2.75, 3.05) is 50.9 Å². The first-order valence-corrected chi connectivity index (χ1v) is 6.32. The monoisotopic (exact) mass is 251 g/mol. The van der Waals surface area contributed by atoms with E-state index in [4.69, 9.17) is 15.2 Å². The summed E-state index contributed by atoms with van der Waals surface area (Å²) in [6, 6.07) is 3.73. The third-order valence-electron chi connectivity index (χ3n) is 3.06. The lowest BCUT2D eigenvalue weighted by Crippen LogP contribution is -2.25. The van der Waals surface area contributed by atoms with E-state index in [1.54, 1.807) is 0 Å². The molecule has 0 atom stereocenters. The maximum atomic E-state index is 5.98. The van der Waals surface area contributed by atoms with Gasteiger partial charge in [-0.2, -0.15) is 0 Å². The number of nitrogen functional groups attached to an aromatic ring is 1. The van der Waals surface area contributed by atoms with Crippen molar-refractivity contribution < 1.29 is 9.47 Å². The SMILES string of the molecule is CCN(C)CCNc1cc2c(cc1N)OCCO2. The molecule has 0 aliphatic carbocycles. The highest BCUT2D eigenvalue weighted by Gasteiger charge is 2.14. The van der Waals surface area contributed by atoms with Gasteiger partial charge >= 0.3 is 0 Å². The van der Waals surface area contributed by atoms with Crippen LogP contribution in [0.3, 0.4) is 0 Å². The Morgan fingerprint density at radius 2 is 1.94 bits per heavy atom. The molecule has 2 rings (SSSR count). The fourth-order valence-corrected chi connectivity index (χ4v) is 1.80. The lowest BCUT2D eigenvalue weighted by molar-refractivity contribution is 0.172. The van der Waals surface area contributed by atoms with Crippen LogP contribution in [0.4, 0.5) is 11.4 Å². The zero-order valence-electron chi connectivity index (χ0n) is 11.0. The molecule has 5 nitrogen and oxygen atoms in total. The van der Waals surface area contributed by atoms with Crippen LogP contribution in [0.5, 0.6) is 11.5 Å². The molecule has 0 saturated carbocycles. The number of hydrogen-bond donors (Lipinski definition) is 2. The molecule has 1 aliphatic rings. The van der Waals surface area contributed by atoms with E-state index < -0.39 is 0 Å². The van der Waals surface area contributed by atoms with Crippen LogP contribution in [0.15, 0.2) is 12.1 Å². The van der Waals surface area contributed by atoms with Gasteiger partial charge in [-0.05, 0) is 13.6 Å². The van der Waals surface area contributed by atoms with Crippen molar-refractivity contribution in [2.45, 2.75) is 6.92 Å². The van der Waals surface area contributed by atoms with E-state index in [0.717, 1.165) is 36.8 Å². The molecule has 1 heterocycles. The minimum absolute atomic E-state index is 0.584. The molecule has 0 saturated heterocycles. The average Bonchev–Trinajstić information content (AvgIpc) is 2.39. The molecule has 1 aromatic carbocycles. The third-order valence-corrected chi connectivity index (χ3v) is 3.06. The zero-order chi connectivity index (χ0) is 13.0. The molecule has 1 aliphatic heterocycles. The number of hydrogen-bond acceptors (Lipinski definition) is 5. The van der Waals surface area contributed by atoms with E-state index in [0.29, 0.717) is 18.9 Å². The van der Waals surface area contributed by atoms with Crippen LogP contribution >= 0.6 is 0 Å². The lowest BCUT2D eigenvalue weighted by atomic mass is 10.2. The van der Waals surface area contributed by atoms with Gasteiger partial charge in [0.2, 0.25) is 0 Å². The second-order valence-corrected chi connectivity index (χ2v) is 4.41. The molecule has 0 unspecified atom stereocenters. The van der Waals surface area contributed by atoms with Crippen molar-refractivity contribution >= 4 is 11.4 Å². The standard InChI is InChI=1S/C13H21N3O2/c1-3-16(2)5-4-15-11-9-13-12(8-10(11)14)17-6-7-18-13/h8-9,15H,3-7,14H2,1-2H3. The van der Waals surface area contributed by atoms with Crippen molar-refractivity contribution in [3.05, 3.63) is 12.1 Å². The predicted molar refractivity (Wildman–Crippen MR) is 73.5 cm³/mol. The van der Waals surface area contributed by atoms with Gasteiger partial charge in [0.05, 0.1) is 11.4 Å². The number of nitrogens with one attached hydrogen (secondary N) is 1. The number of nitrogens with two attached hydrogens (primary N) is 1. The second-order valence-electron chi connectivity index (χ2n) is 4.41. The molecule has 0 amide bonds. The van der Waals surface area contributed by atoms with Gasteiger partial charge in [-0.3, -0.25) is 0 Å². The minimum atomic E-state index is 0.584. The van der Waals surface area contributed by atoms with Crippen LogP contribution < -0.4 is 20.5 Å². The maximum absolute atomic E-state index is 5.98. The molecule has 1 aromatic rings. The van der Waals surface area contributed by atoms with Gasteiger partial charge in [0.15, 0.2) is 11.5 Å². The molecule has 0 bridgehead atoms. The summed E-state index contributed by atoms with van der Waals surface area (Å²) >= 11 is 0. The van der Waals surface area contributed by atoms with Gasteiger partial charge in [0.25, 0.3) is 0 Å². The summed E-state index contributed by atoms with van der Waals surface area (Å²) in [5.74, 6) is 1.50. The van der Waals surface area contributed by atoms with Crippen LogP contribution in [0, 0.1) is 0 Å². The molecule has 0 fully saturated rings. The number of anilines is 2. The van der Waals surface area contributed by atoms with Crippen LogP contribution in [0.25, 0.3) is 0 Å². The molecule has 0 aromatic heterocycles.